The first-order valence-corrected chi connectivity index (χ1v) is 10.3. The third-order valence-corrected chi connectivity index (χ3v) is 5.08. The van der Waals surface area contributed by atoms with Gasteiger partial charge in [-0.15, -0.1) is 0 Å². The molecule has 0 amide bonds. The molecule has 4 heteroatoms. The number of hydrogen-bond acceptors (Lipinski definition) is 4. The number of nitrogens with zero attached hydrogens (tertiary/aromatic N) is 3. The van der Waals surface area contributed by atoms with Crippen LogP contribution in [0.3, 0.4) is 0 Å². The van der Waals surface area contributed by atoms with Crippen LogP contribution in [0.2, 0.25) is 0 Å². The lowest BCUT2D eigenvalue weighted by molar-refractivity contribution is 0.402. The van der Waals surface area contributed by atoms with Gasteiger partial charge in [-0.2, -0.15) is 0 Å². The van der Waals surface area contributed by atoms with Crippen LogP contribution in [-0.4, -0.2) is 40.2 Å². The average Bonchev–Trinajstić information content (AvgIpc) is 2.73. The Hall–Kier alpha value is -2.98. The highest BCUT2D eigenvalue weighted by atomic mass is 16.5. The van der Waals surface area contributed by atoms with Gasteiger partial charge in [0.25, 0.3) is 0 Å². The predicted octanol–water partition coefficient (Wildman–Crippen LogP) is 5.03. The van der Waals surface area contributed by atoms with Crippen molar-refractivity contribution >= 4 is 11.4 Å². The normalized spacial score (nSPS) is 10.9. The van der Waals surface area contributed by atoms with Gasteiger partial charge in [0.05, 0.1) is 7.11 Å². The second-order valence-corrected chi connectivity index (χ2v) is 8.18. The molecule has 0 aliphatic carbocycles. The van der Waals surface area contributed by atoms with Gasteiger partial charge in [0.2, 0.25) is 0 Å². The number of benzene rings is 3. The summed E-state index contributed by atoms with van der Waals surface area (Å²) in [7, 11) is 10.1. The molecule has 0 aromatic heterocycles. The van der Waals surface area contributed by atoms with Crippen molar-refractivity contribution in [2.24, 2.45) is 0 Å². The summed E-state index contributed by atoms with van der Waals surface area (Å²) in [5, 5.41) is 0. The van der Waals surface area contributed by atoms with Gasteiger partial charge >= 0.3 is 0 Å². The summed E-state index contributed by atoms with van der Waals surface area (Å²) in [6.07, 6.45) is 0. The number of methoxy groups -OCH3 is 1. The summed E-state index contributed by atoms with van der Waals surface area (Å²) in [5.41, 5.74) is 6.29. The van der Waals surface area contributed by atoms with Crippen LogP contribution >= 0.6 is 0 Å². The summed E-state index contributed by atoms with van der Waals surface area (Å²) < 4.78 is 5.44. The molecule has 0 spiro atoms. The summed E-state index contributed by atoms with van der Waals surface area (Å²) >= 11 is 0. The van der Waals surface area contributed by atoms with E-state index in [-0.39, 0.29) is 0 Å². The Kier molecular flexibility index (Phi) is 7.36. The highest BCUT2D eigenvalue weighted by molar-refractivity contribution is 5.52. The topological polar surface area (TPSA) is 19.0 Å². The maximum atomic E-state index is 5.44. The van der Waals surface area contributed by atoms with Crippen molar-refractivity contribution in [1.29, 1.82) is 0 Å². The van der Waals surface area contributed by atoms with E-state index in [1.165, 1.54) is 28.1 Å². The van der Waals surface area contributed by atoms with Gasteiger partial charge in [-0.25, -0.2) is 0 Å². The quantitative estimate of drug-likeness (QED) is 0.499. The smallest absolute Gasteiger partial charge is 0.119 e. The van der Waals surface area contributed by atoms with Crippen LogP contribution in [0.4, 0.5) is 11.4 Å². The fourth-order valence-electron chi connectivity index (χ4n) is 3.60. The zero-order valence-corrected chi connectivity index (χ0v) is 18.8. The highest BCUT2D eigenvalue weighted by Gasteiger charge is 2.11. The molecule has 158 valence electrons. The van der Waals surface area contributed by atoms with Crippen molar-refractivity contribution in [3.63, 3.8) is 0 Å². The zero-order chi connectivity index (χ0) is 21.5. The van der Waals surface area contributed by atoms with Crippen LogP contribution in [-0.2, 0) is 19.6 Å². The van der Waals surface area contributed by atoms with Crippen molar-refractivity contribution in [2.75, 3.05) is 45.1 Å². The van der Waals surface area contributed by atoms with Crippen molar-refractivity contribution in [3.05, 3.63) is 89.5 Å². The van der Waals surface area contributed by atoms with E-state index in [0.29, 0.717) is 0 Å². The highest BCUT2D eigenvalue weighted by Crippen LogP contribution is 2.25. The SMILES string of the molecule is COc1cccc(CN(Cc2cccc(N(C)C)c2)c2cccc(CN(C)C)c2)c1. The summed E-state index contributed by atoms with van der Waals surface area (Å²) in [6, 6.07) is 25.9. The van der Waals surface area contributed by atoms with Gasteiger partial charge in [-0.1, -0.05) is 36.4 Å². The van der Waals surface area contributed by atoms with Crippen LogP contribution in [0, 0.1) is 0 Å². The Labute approximate surface area is 181 Å². The fourth-order valence-corrected chi connectivity index (χ4v) is 3.60. The zero-order valence-electron chi connectivity index (χ0n) is 18.8. The molecule has 3 aromatic rings. The molecule has 0 unspecified atom stereocenters. The molecule has 0 atom stereocenters. The predicted molar refractivity (Wildman–Crippen MR) is 127 cm³/mol. The van der Waals surface area contributed by atoms with E-state index in [9.17, 15) is 0 Å². The lowest BCUT2D eigenvalue weighted by atomic mass is 10.1. The van der Waals surface area contributed by atoms with E-state index in [0.717, 1.165) is 25.4 Å². The minimum Gasteiger partial charge on any atom is -0.497 e. The molecule has 30 heavy (non-hydrogen) atoms. The Morgan fingerprint density at radius 1 is 0.633 bits per heavy atom. The van der Waals surface area contributed by atoms with E-state index in [4.69, 9.17) is 4.74 Å². The van der Waals surface area contributed by atoms with E-state index in [2.05, 4.69) is 110 Å². The standard InChI is InChI=1S/C26H33N3O/c1-27(2)18-21-9-7-13-25(16-21)29(20-23-11-8-14-26(17-23)30-5)19-22-10-6-12-24(15-22)28(3)4/h6-17H,18-20H2,1-5H3. The number of hydrogen-bond donors (Lipinski definition) is 0. The van der Waals surface area contributed by atoms with Crippen LogP contribution in [0.25, 0.3) is 0 Å². The molecule has 0 bridgehead atoms. The van der Waals surface area contributed by atoms with Crippen molar-refractivity contribution in [1.82, 2.24) is 4.90 Å². The molecule has 0 radical (unpaired) electrons. The van der Waals surface area contributed by atoms with Crippen molar-refractivity contribution < 1.29 is 4.74 Å². The molecular formula is C26H33N3O. The molecule has 0 saturated heterocycles. The first-order valence-electron chi connectivity index (χ1n) is 10.3. The van der Waals surface area contributed by atoms with Crippen LogP contribution in [0.15, 0.2) is 72.8 Å². The van der Waals surface area contributed by atoms with Crippen LogP contribution < -0.4 is 14.5 Å². The minimum absolute atomic E-state index is 0.814. The number of anilines is 2. The van der Waals surface area contributed by atoms with E-state index >= 15 is 0 Å². The van der Waals surface area contributed by atoms with E-state index in [1.807, 2.05) is 6.07 Å². The Bertz CT molecular complexity index is 952. The average molecular weight is 404 g/mol. The maximum absolute atomic E-state index is 5.44. The number of ether oxygens (including phenoxy) is 1. The monoisotopic (exact) mass is 403 g/mol. The van der Waals surface area contributed by atoms with Gasteiger partial charge in [-0.3, -0.25) is 0 Å². The van der Waals surface area contributed by atoms with E-state index < -0.39 is 0 Å². The third kappa shape index (κ3) is 6.01. The number of rotatable bonds is 9. The fraction of sp³-hybridized carbons (Fsp3) is 0.308. The van der Waals surface area contributed by atoms with Crippen LogP contribution in [0.1, 0.15) is 16.7 Å². The largest absolute Gasteiger partial charge is 0.497 e. The molecule has 0 aliphatic heterocycles. The van der Waals surface area contributed by atoms with Gasteiger partial charge in [0.1, 0.15) is 5.75 Å². The third-order valence-electron chi connectivity index (χ3n) is 5.08. The van der Waals surface area contributed by atoms with Gasteiger partial charge in [-0.05, 0) is 67.2 Å². The molecule has 3 aromatic carbocycles. The summed E-state index contributed by atoms with van der Waals surface area (Å²) in [5.74, 6) is 0.892. The summed E-state index contributed by atoms with van der Waals surface area (Å²) in [4.78, 5) is 6.78. The molecule has 4 nitrogen and oxygen atoms in total. The van der Waals surface area contributed by atoms with Crippen LogP contribution in [0.5, 0.6) is 5.75 Å². The van der Waals surface area contributed by atoms with Gasteiger partial charge in [0.15, 0.2) is 0 Å². The second kappa shape index (κ2) is 10.2. The minimum atomic E-state index is 0.814. The lowest BCUT2D eigenvalue weighted by Gasteiger charge is -2.27. The Morgan fingerprint density at radius 2 is 1.17 bits per heavy atom. The molecule has 3 rings (SSSR count). The van der Waals surface area contributed by atoms with Gasteiger partial charge in [0, 0.05) is 45.1 Å². The molecule has 0 fully saturated rings. The Balaban J connectivity index is 1.93. The first kappa shape index (κ1) is 21.7. The molecule has 0 aliphatic rings. The Morgan fingerprint density at radius 3 is 1.77 bits per heavy atom. The van der Waals surface area contributed by atoms with E-state index in [1.54, 1.807) is 7.11 Å². The first-order chi connectivity index (χ1) is 14.4. The maximum Gasteiger partial charge on any atom is 0.119 e. The lowest BCUT2D eigenvalue weighted by Crippen LogP contribution is -2.23. The molecule has 0 N–H and O–H groups in total. The van der Waals surface area contributed by atoms with Crippen molar-refractivity contribution in [3.8, 4) is 5.75 Å². The van der Waals surface area contributed by atoms with Gasteiger partial charge < -0.3 is 19.4 Å². The molecule has 0 saturated carbocycles. The van der Waals surface area contributed by atoms with Crippen molar-refractivity contribution in [2.45, 2.75) is 19.6 Å². The molecular weight excluding hydrogens is 370 g/mol. The second-order valence-electron chi connectivity index (χ2n) is 8.18. The molecule has 0 heterocycles. The summed E-state index contributed by atoms with van der Waals surface area (Å²) in [6.45, 7) is 2.58.